The molecule has 1 N–H and O–H groups in total. The second-order valence-corrected chi connectivity index (χ2v) is 7.74. The first-order chi connectivity index (χ1) is 11.2. The third-order valence-corrected chi connectivity index (χ3v) is 4.57. The van der Waals surface area contributed by atoms with Gasteiger partial charge in [-0.05, 0) is 31.7 Å². The van der Waals surface area contributed by atoms with Gasteiger partial charge in [-0.2, -0.15) is 0 Å². The molecule has 2 aromatic rings. The highest BCUT2D eigenvalue weighted by molar-refractivity contribution is 5.96. The van der Waals surface area contributed by atoms with E-state index >= 15 is 0 Å². The first kappa shape index (κ1) is 18.4. The molecular formula is C22H30O2. The molecule has 0 saturated heterocycles. The van der Waals surface area contributed by atoms with Crippen molar-refractivity contribution in [3.05, 3.63) is 47.0 Å². The van der Waals surface area contributed by atoms with Crippen LogP contribution in [0.5, 0.6) is 11.5 Å². The van der Waals surface area contributed by atoms with E-state index in [-0.39, 0.29) is 5.41 Å². The Labute approximate surface area is 146 Å². The summed E-state index contributed by atoms with van der Waals surface area (Å²) in [4.78, 5) is 0. The van der Waals surface area contributed by atoms with Crippen molar-refractivity contribution in [2.45, 2.75) is 53.4 Å². The van der Waals surface area contributed by atoms with Crippen molar-refractivity contribution >= 4 is 10.8 Å². The van der Waals surface area contributed by atoms with Crippen LogP contribution in [0.3, 0.4) is 0 Å². The Kier molecular flexibility index (Phi) is 5.27. The van der Waals surface area contributed by atoms with Crippen LogP contribution < -0.4 is 4.74 Å². The Morgan fingerprint density at radius 2 is 1.79 bits per heavy atom. The maximum atomic E-state index is 11.0. The zero-order valence-corrected chi connectivity index (χ0v) is 16.0. The highest BCUT2D eigenvalue weighted by Gasteiger charge is 2.28. The molecule has 2 heteroatoms. The summed E-state index contributed by atoms with van der Waals surface area (Å²) in [7, 11) is 1.70. The van der Waals surface area contributed by atoms with Crippen LogP contribution in [0.4, 0.5) is 0 Å². The van der Waals surface area contributed by atoms with Gasteiger partial charge in [0, 0.05) is 21.8 Å². The Morgan fingerprint density at radius 1 is 1.21 bits per heavy atom. The highest BCUT2D eigenvalue weighted by atomic mass is 16.5. The highest BCUT2D eigenvalue weighted by Crippen LogP contribution is 2.45. The fourth-order valence-corrected chi connectivity index (χ4v) is 3.96. The lowest BCUT2D eigenvalue weighted by Gasteiger charge is -2.28. The Bertz CT molecular complexity index is 767. The van der Waals surface area contributed by atoms with Gasteiger partial charge in [-0.15, -0.1) is 0 Å². The second-order valence-electron chi connectivity index (χ2n) is 7.74. The van der Waals surface area contributed by atoms with Crippen LogP contribution in [0.2, 0.25) is 0 Å². The summed E-state index contributed by atoms with van der Waals surface area (Å²) in [5, 5.41) is 12.8. The number of hydrogen-bond donors (Lipinski definition) is 1. The number of ether oxygens (including phenoxy) is 1. The van der Waals surface area contributed by atoms with Crippen molar-refractivity contribution in [3.8, 4) is 11.5 Å². The molecule has 0 aliphatic rings. The number of phenolic OH excluding ortho intramolecular Hbond substituents is 1. The third kappa shape index (κ3) is 3.43. The fraction of sp³-hybridized carbons (Fsp3) is 0.455. The molecule has 2 aromatic carbocycles. The smallest absolute Gasteiger partial charge is 0.130 e. The maximum Gasteiger partial charge on any atom is 0.130 e. The molecule has 2 nitrogen and oxygen atoms in total. The van der Waals surface area contributed by atoms with Crippen LogP contribution in [0, 0.1) is 12.8 Å². The molecule has 0 atom stereocenters. The summed E-state index contributed by atoms with van der Waals surface area (Å²) in [6, 6.07) is 7.88. The van der Waals surface area contributed by atoms with Crippen molar-refractivity contribution in [1.82, 2.24) is 0 Å². The van der Waals surface area contributed by atoms with Gasteiger partial charge in [0.15, 0.2) is 0 Å². The molecule has 0 radical (unpaired) electrons. The van der Waals surface area contributed by atoms with Crippen LogP contribution in [0.1, 0.15) is 52.2 Å². The third-order valence-electron chi connectivity index (χ3n) is 4.57. The number of rotatable bonds is 5. The number of fused-ring (bicyclic) bond motifs is 1. The van der Waals surface area contributed by atoms with E-state index in [1.165, 1.54) is 5.57 Å². The van der Waals surface area contributed by atoms with Gasteiger partial charge in [-0.1, -0.05) is 63.6 Å². The van der Waals surface area contributed by atoms with Gasteiger partial charge in [0.05, 0.1) is 7.11 Å². The number of allylic oxidation sites excluding steroid dienone is 2. The lowest BCUT2D eigenvalue weighted by atomic mass is 9.78. The van der Waals surface area contributed by atoms with Crippen molar-refractivity contribution < 1.29 is 9.84 Å². The molecule has 24 heavy (non-hydrogen) atoms. The van der Waals surface area contributed by atoms with Crippen LogP contribution in [0.25, 0.3) is 10.8 Å². The van der Waals surface area contributed by atoms with Crippen molar-refractivity contribution in [2.24, 2.45) is 5.92 Å². The molecule has 0 aromatic heterocycles. The minimum atomic E-state index is -0.273. The van der Waals surface area contributed by atoms with Gasteiger partial charge in [-0.25, -0.2) is 0 Å². The van der Waals surface area contributed by atoms with E-state index < -0.39 is 0 Å². The molecule has 0 spiro atoms. The lowest BCUT2D eigenvalue weighted by Crippen LogP contribution is -2.17. The first-order valence-electron chi connectivity index (χ1n) is 8.66. The minimum Gasteiger partial charge on any atom is -0.507 e. The molecule has 0 bridgehead atoms. The van der Waals surface area contributed by atoms with Gasteiger partial charge in [0.2, 0.25) is 0 Å². The van der Waals surface area contributed by atoms with Crippen LogP contribution in [-0.4, -0.2) is 12.2 Å². The molecule has 0 saturated carbocycles. The summed E-state index contributed by atoms with van der Waals surface area (Å²) in [6.45, 7) is 13.0. The molecule has 2 rings (SSSR count). The van der Waals surface area contributed by atoms with Crippen molar-refractivity contribution in [1.29, 1.82) is 0 Å². The Balaban J connectivity index is 2.72. The summed E-state index contributed by atoms with van der Waals surface area (Å²) in [5.74, 6) is 1.83. The standard InChI is InChI=1S/C22H30O2/c1-14(2)12-15(3)13-22(5,6)19-16(4)21(24-7)18-11-9-8-10-17(18)20(19)23/h8-11,13-14,23H,12H2,1-7H3/b15-13+. The molecule has 130 valence electrons. The predicted octanol–water partition coefficient (Wildman–Crippen LogP) is 6.13. The summed E-state index contributed by atoms with van der Waals surface area (Å²) < 4.78 is 5.69. The number of aromatic hydroxyl groups is 1. The zero-order chi connectivity index (χ0) is 18.1. The maximum absolute atomic E-state index is 11.0. The number of benzene rings is 2. The quantitative estimate of drug-likeness (QED) is 0.669. The SMILES string of the molecule is COc1c(C)c(C(C)(C)/C=C(\C)CC(C)C)c(O)c2ccccc12. The molecule has 0 aliphatic heterocycles. The molecule has 0 unspecified atom stereocenters. The van der Waals surface area contributed by atoms with E-state index in [1.807, 2.05) is 31.2 Å². The zero-order valence-electron chi connectivity index (χ0n) is 16.0. The Hall–Kier alpha value is -1.96. The van der Waals surface area contributed by atoms with Crippen LogP contribution in [-0.2, 0) is 5.41 Å². The Morgan fingerprint density at radius 3 is 2.33 bits per heavy atom. The predicted molar refractivity (Wildman–Crippen MR) is 103 cm³/mol. The average Bonchev–Trinajstić information content (AvgIpc) is 2.46. The topological polar surface area (TPSA) is 29.5 Å². The molecule has 0 fully saturated rings. The molecular weight excluding hydrogens is 296 g/mol. The van der Waals surface area contributed by atoms with Crippen LogP contribution >= 0.6 is 0 Å². The summed E-state index contributed by atoms with van der Waals surface area (Å²) in [6.07, 6.45) is 3.34. The van der Waals surface area contributed by atoms with Crippen LogP contribution in [0.15, 0.2) is 35.9 Å². The van der Waals surface area contributed by atoms with Gasteiger partial charge in [0.25, 0.3) is 0 Å². The fourth-order valence-electron chi connectivity index (χ4n) is 3.96. The molecule has 0 heterocycles. The molecule has 0 amide bonds. The second kappa shape index (κ2) is 6.88. The minimum absolute atomic E-state index is 0.273. The van der Waals surface area contributed by atoms with E-state index in [1.54, 1.807) is 7.11 Å². The van der Waals surface area contributed by atoms with Gasteiger partial charge in [0.1, 0.15) is 11.5 Å². The van der Waals surface area contributed by atoms with Crippen molar-refractivity contribution in [2.75, 3.05) is 7.11 Å². The lowest BCUT2D eigenvalue weighted by molar-refractivity contribution is 0.410. The van der Waals surface area contributed by atoms with Gasteiger partial charge < -0.3 is 9.84 Å². The largest absolute Gasteiger partial charge is 0.507 e. The van der Waals surface area contributed by atoms with Crippen molar-refractivity contribution in [3.63, 3.8) is 0 Å². The van der Waals surface area contributed by atoms with E-state index in [4.69, 9.17) is 4.74 Å². The monoisotopic (exact) mass is 326 g/mol. The number of methoxy groups -OCH3 is 1. The van der Waals surface area contributed by atoms with E-state index in [2.05, 4.69) is 40.7 Å². The van der Waals surface area contributed by atoms with E-state index in [0.717, 1.165) is 34.1 Å². The van der Waals surface area contributed by atoms with Gasteiger partial charge >= 0.3 is 0 Å². The normalized spacial score (nSPS) is 12.9. The average molecular weight is 326 g/mol. The van der Waals surface area contributed by atoms with E-state index in [0.29, 0.717) is 11.7 Å². The summed E-state index contributed by atoms with van der Waals surface area (Å²) in [5.41, 5.74) is 3.03. The van der Waals surface area contributed by atoms with E-state index in [9.17, 15) is 5.11 Å². The number of hydrogen-bond acceptors (Lipinski definition) is 2. The first-order valence-corrected chi connectivity index (χ1v) is 8.66. The summed E-state index contributed by atoms with van der Waals surface area (Å²) >= 11 is 0. The van der Waals surface area contributed by atoms with Gasteiger partial charge in [-0.3, -0.25) is 0 Å². The number of phenols is 1. The molecule has 0 aliphatic carbocycles.